The first-order valence-electron chi connectivity index (χ1n) is 11.2. The number of rotatable bonds is 14. The predicted molar refractivity (Wildman–Crippen MR) is 118 cm³/mol. The Morgan fingerprint density at radius 2 is 2.06 bits per heavy atom. The van der Waals surface area contributed by atoms with Crippen molar-refractivity contribution in [3.63, 3.8) is 0 Å². The zero-order valence-corrected chi connectivity index (χ0v) is 19.0. The maximum absolute atomic E-state index is 12.1. The third-order valence-corrected chi connectivity index (χ3v) is 4.89. The topological polar surface area (TPSA) is 122 Å². The summed E-state index contributed by atoms with van der Waals surface area (Å²) in [6.07, 6.45) is 2.45. The molecule has 3 N–H and O–H groups in total. The van der Waals surface area contributed by atoms with Crippen LogP contribution in [0.2, 0.25) is 0 Å². The van der Waals surface area contributed by atoms with Gasteiger partial charge in [-0.05, 0) is 31.4 Å². The highest BCUT2D eigenvalue weighted by Gasteiger charge is 2.24. The van der Waals surface area contributed by atoms with Crippen molar-refractivity contribution in [1.82, 2.24) is 10.6 Å². The van der Waals surface area contributed by atoms with Gasteiger partial charge in [0.05, 0.1) is 18.7 Å². The Hall–Kier alpha value is -2.38. The molecule has 1 aromatic carbocycles. The van der Waals surface area contributed by atoms with Crippen molar-refractivity contribution < 1.29 is 28.8 Å². The second-order valence-corrected chi connectivity index (χ2v) is 7.86. The number of benzene rings is 1. The molecule has 0 aliphatic carbocycles. The van der Waals surface area contributed by atoms with E-state index in [1.807, 2.05) is 6.92 Å². The number of nitrogens with zero attached hydrogens (tertiary/aromatic N) is 1. The van der Waals surface area contributed by atoms with E-state index in [9.17, 15) is 15.2 Å². The van der Waals surface area contributed by atoms with Crippen LogP contribution in [0, 0.1) is 17.2 Å². The van der Waals surface area contributed by atoms with Gasteiger partial charge in [0.25, 0.3) is 0 Å². The van der Waals surface area contributed by atoms with Gasteiger partial charge < -0.3 is 34.7 Å². The molecule has 0 spiro atoms. The van der Waals surface area contributed by atoms with Gasteiger partial charge in [-0.25, -0.2) is 0 Å². The van der Waals surface area contributed by atoms with Crippen molar-refractivity contribution in [2.75, 3.05) is 52.7 Å². The number of hydrogen-bond donors (Lipinski definition) is 3. The fourth-order valence-electron chi connectivity index (χ4n) is 3.21. The SMILES string of the molecule is CCCOCCOc1ccc(OC(C)(O)CNCCNC(=O)C2CCOCC2)c(C#N)c1. The van der Waals surface area contributed by atoms with E-state index in [0.29, 0.717) is 51.9 Å². The van der Waals surface area contributed by atoms with Crippen LogP contribution in [-0.2, 0) is 14.3 Å². The van der Waals surface area contributed by atoms with Crippen molar-refractivity contribution in [3.05, 3.63) is 23.8 Å². The molecule has 32 heavy (non-hydrogen) atoms. The summed E-state index contributed by atoms with van der Waals surface area (Å²) in [5, 5.41) is 25.9. The van der Waals surface area contributed by atoms with Crippen LogP contribution in [0.4, 0.5) is 0 Å². The summed E-state index contributed by atoms with van der Waals surface area (Å²) in [7, 11) is 0. The molecule has 1 amide bonds. The fourth-order valence-corrected chi connectivity index (χ4v) is 3.21. The number of amides is 1. The van der Waals surface area contributed by atoms with Crippen molar-refractivity contribution in [3.8, 4) is 17.6 Å². The van der Waals surface area contributed by atoms with E-state index in [4.69, 9.17) is 18.9 Å². The van der Waals surface area contributed by atoms with Gasteiger partial charge in [0.2, 0.25) is 11.7 Å². The standard InChI is InChI=1S/C23H35N3O6/c1-3-10-29-13-14-31-20-4-5-21(19(15-20)16-24)32-23(2,28)17-25-8-9-26-22(27)18-6-11-30-12-7-18/h4-5,15,18,25,28H,3,6-14,17H2,1-2H3,(H,26,27). The molecule has 2 rings (SSSR count). The molecule has 0 aromatic heterocycles. The highest BCUT2D eigenvalue weighted by Crippen LogP contribution is 2.26. The Morgan fingerprint density at radius 3 is 2.78 bits per heavy atom. The van der Waals surface area contributed by atoms with E-state index in [-0.39, 0.29) is 29.7 Å². The van der Waals surface area contributed by atoms with Crippen LogP contribution in [0.25, 0.3) is 0 Å². The van der Waals surface area contributed by atoms with Crippen LogP contribution in [0.5, 0.6) is 11.5 Å². The first-order valence-corrected chi connectivity index (χ1v) is 11.2. The molecule has 1 aromatic rings. The Morgan fingerprint density at radius 1 is 1.28 bits per heavy atom. The van der Waals surface area contributed by atoms with E-state index in [1.165, 1.54) is 6.92 Å². The minimum Gasteiger partial charge on any atom is -0.491 e. The number of aliphatic hydroxyl groups is 1. The lowest BCUT2D eigenvalue weighted by Crippen LogP contribution is -2.45. The highest BCUT2D eigenvalue weighted by molar-refractivity contribution is 5.78. The third kappa shape index (κ3) is 9.40. The molecule has 1 saturated heterocycles. The minimum atomic E-state index is -1.54. The molecule has 1 heterocycles. The molecule has 9 nitrogen and oxygen atoms in total. The van der Waals surface area contributed by atoms with Gasteiger partial charge in [0.1, 0.15) is 24.2 Å². The summed E-state index contributed by atoms with van der Waals surface area (Å²) >= 11 is 0. The quantitative estimate of drug-likeness (QED) is 0.289. The zero-order valence-electron chi connectivity index (χ0n) is 19.0. The molecular weight excluding hydrogens is 414 g/mol. The average Bonchev–Trinajstić information content (AvgIpc) is 2.79. The van der Waals surface area contributed by atoms with Gasteiger partial charge in [-0.1, -0.05) is 6.92 Å². The van der Waals surface area contributed by atoms with Gasteiger partial charge in [0.15, 0.2) is 0 Å². The zero-order chi connectivity index (χ0) is 23.2. The molecule has 0 radical (unpaired) electrons. The lowest BCUT2D eigenvalue weighted by atomic mass is 9.99. The minimum absolute atomic E-state index is 0.00964. The molecule has 0 saturated carbocycles. The monoisotopic (exact) mass is 449 g/mol. The molecule has 178 valence electrons. The summed E-state index contributed by atoms with van der Waals surface area (Å²) in [5.41, 5.74) is 0.265. The van der Waals surface area contributed by atoms with Gasteiger partial charge in [-0.15, -0.1) is 0 Å². The van der Waals surface area contributed by atoms with Crippen molar-refractivity contribution in [2.45, 2.75) is 38.9 Å². The summed E-state index contributed by atoms with van der Waals surface area (Å²) in [6.45, 7) is 7.40. The Balaban J connectivity index is 1.73. The lowest BCUT2D eigenvalue weighted by Gasteiger charge is -2.26. The van der Waals surface area contributed by atoms with E-state index >= 15 is 0 Å². The van der Waals surface area contributed by atoms with Crippen LogP contribution in [0.15, 0.2) is 18.2 Å². The number of nitrogens with one attached hydrogen (secondary N) is 2. The summed E-state index contributed by atoms with van der Waals surface area (Å²) in [6, 6.07) is 6.93. The van der Waals surface area contributed by atoms with Crippen LogP contribution in [0.3, 0.4) is 0 Å². The smallest absolute Gasteiger partial charge is 0.223 e. The maximum atomic E-state index is 12.1. The highest BCUT2D eigenvalue weighted by atomic mass is 16.6. The van der Waals surface area contributed by atoms with Crippen LogP contribution >= 0.6 is 0 Å². The third-order valence-electron chi connectivity index (χ3n) is 4.89. The summed E-state index contributed by atoms with van der Waals surface area (Å²) < 4.78 is 21.9. The normalized spacial score (nSPS) is 16.1. The maximum Gasteiger partial charge on any atom is 0.223 e. The molecule has 1 unspecified atom stereocenters. The Kier molecular flexibility index (Phi) is 11.2. The summed E-state index contributed by atoms with van der Waals surface area (Å²) in [5.74, 6) is -0.688. The van der Waals surface area contributed by atoms with E-state index in [0.717, 1.165) is 19.3 Å². The van der Waals surface area contributed by atoms with Gasteiger partial charge in [-0.2, -0.15) is 5.26 Å². The predicted octanol–water partition coefficient (Wildman–Crippen LogP) is 1.58. The Bertz CT molecular complexity index is 744. The first-order chi connectivity index (χ1) is 15.4. The molecular formula is C23H35N3O6. The van der Waals surface area contributed by atoms with Gasteiger partial charge in [-0.3, -0.25) is 4.79 Å². The molecule has 1 aliphatic heterocycles. The molecule has 9 heteroatoms. The molecule has 1 aliphatic rings. The van der Waals surface area contributed by atoms with E-state index < -0.39 is 5.79 Å². The number of hydrogen-bond acceptors (Lipinski definition) is 8. The molecule has 0 bridgehead atoms. The second kappa shape index (κ2) is 13.9. The Labute approximate surface area is 190 Å². The first kappa shape index (κ1) is 25.9. The molecule has 1 atom stereocenters. The number of carbonyl (C=O) groups is 1. The summed E-state index contributed by atoms with van der Waals surface area (Å²) in [4.78, 5) is 12.1. The number of ether oxygens (including phenoxy) is 4. The van der Waals surface area contributed by atoms with Crippen LogP contribution in [-0.4, -0.2) is 69.5 Å². The van der Waals surface area contributed by atoms with Gasteiger partial charge >= 0.3 is 0 Å². The largest absolute Gasteiger partial charge is 0.491 e. The number of carbonyl (C=O) groups excluding carboxylic acids is 1. The fraction of sp³-hybridized carbons (Fsp3) is 0.652. The van der Waals surface area contributed by atoms with Gasteiger partial charge in [0, 0.05) is 51.8 Å². The van der Waals surface area contributed by atoms with Crippen molar-refractivity contribution >= 4 is 5.91 Å². The second-order valence-electron chi connectivity index (χ2n) is 7.86. The van der Waals surface area contributed by atoms with Crippen molar-refractivity contribution in [2.24, 2.45) is 5.92 Å². The van der Waals surface area contributed by atoms with E-state index in [2.05, 4.69) is 16.7 Å². The average molecular weight is 450 g/mol. The van der Waals surface area contributed by atoms with Crippen LogP contribution < -0.4 is 20.1 Å². The lowest BCUT2D eigenvalue weighted by molar-refractivity contribution is -0.127. The van der Waals surface area contributed by atoms with E-state index in [1.54, 1.807) is 18.2 Å². The number of nitriles is 1. The molecule has 1 fully saturated rings. The van der Waals surface area contributed by atoms with Crippen LogP contribution in [0.1, 0.15) is 38.7 Å². The van der Waals surface area contributed by atoms with Crippen molar-refractivity contribution in [1.29, 1.82) is 5.26 Å².